The molecule has 19 heavy (non-hydrogen) atoms. The number of benzene rings is 2. The molecule has 0 saturated carbocycles. The van der Waals surface area contributed by atoms with Crippen molar-refractivity contribution in [1.82, 2.24) is 0 Å². The Morgan fingerprint density at radius 3 is 2.42 bits per heavy atom. The third-order valence-corrected chi connectivity index (χ3v) is 3.09. The minimum Gasteiger partial charge on any atom is -0.322 e. The molecule has 0 unspecified atom stereocenters. The molecule has 0 atom stereocenters. The molecular weight excluding hydrogens is 288 g/mol. The van der Waals surface area contributed by atoms with Crippen LogP contribution in [0, 0.1) is 12.7 Å². The summed E-state index contributed by atoms with van der Waals surface area (Å²) in [6.07, 6.45) is 0. The quantitative estimate of drug-likeness (QED) is 0.856. The molecule has 0 heterocycles. The maximum Gasteiger partial charge on any atom is 0.258 e. The van der Waals surface area contributed by atoms with E-state index in [2.05, 4.69) is 5.32 Å². The van der Waals surface area contributed by atoms with Crippen LogP contribution in [-0.2, 0) is 0 Å². The van der Waals surface area contributed by atoms with Crippen LogP contribution in [0.3, 0.4) is 0 Å². The molecule has 2 aromatic rings. The van der Waals surface area contributed by atoms with Crippen LogP contribution >= 0.6 is 23.2 Å². The van der Waals surface area contributed by atoms with Crippen molar-refractivity contribution in [3.05, 3.63) is 63.4 Å². The molecule has 1 N–H and O–H groups in total. The summed E-state index contributed by atoms with van der Waals surface area (Å²) in [5.41, 5.74) is 1.32. The summed E-state index contributed by atoms with van der Waals surface area (Å²) in [7, 11) is 0. The average Bonchev–Trinajstić information content (AvgIpc) is 2.33. The van der Waals surface area contributed by atoms with Crippen LogP contribution in [0.15, 0.2) is 36.4 Å². The normalized spacial score (nSPS) is 10.3. The monoisotopic (exact) mass is 297 g/mol. The predicted octanol–water partition coefficient (Wildman–Crippen LogP) is 4.69. The molecule has 2 rings (SSSR count). The van der Waals surface area contributed by atoms with E-state index < -0.39 is 11.7 Å². The zero-order valence-electron chi connectivity index (χ0n) is 10.0. The highest BCUT2D eigenvalue weighted by molar-refractivity contribution is 6.31. The maximum absolute atomic E-state index is 13.6. The number of rotatable bonds is 2. The van der Waals surface area contributed by atoms with E-state index in [0.717, 1.165) is 11.6 Å². The highest BCUT2D eigenvalue weighted by Gasteiger charge is 2.13. The lowest BCUT2D eigenvalue weighted by Gasteiger charge is -2.09. The van der Waals surface area contributed by atoms with Crippen LogP contribution < -0.4 is 5.32 Å². The Morgan fingerprint density at radius 1 is 1.11 bits per heavy atom. The fourth-order valence-electron chi connectivity index (χ4n) is 1.59. The van der Waals surface area contributed by atoms with Gasteiger partial charge in [-0.1, -0.05) is 29.3 Å². The van der Waals surface area contributed by atoms with E-state index in [1.807, 2.05) is 6.92 Å². The molecule has 0 aliphatic carbocycles. The first-order valence-corrected chi connectivity index (χ1v) is 6.25. The lowest BCUT2D eigenvalue weighted by molar-refractivity contribution is 0.102. The van der Waals surface area contributed by atoms with Gasteiger partial charge < -0.3 is 5.32 Å². The summed E-state index contributed by atoms with van der Waals surface area (Å²) in [4.78, 5) is 12.0. The average molecular weight is 298 g/mol. The van der Waals surface area contributed by atoms with E-state index >= 15 is 0 Å². The molecular formula is C14H10Cl2FNO. The zero-order chi connectivity index (χ0) is 14.0. The van der Waals surface area contributed by atoms with E-state index in [4.69, 9.17) is 23.2 Å². The van der Waals surface area contributed by atoms with Gasteiger partial charge in [0.2, 0.25) is 0 Å². The van der Waals surface area contributed by atoms with E-state index in [0.29, 0.717) is 10.7 Å². The molecule has 5 heteroatoms. The van der Waals surface area contributed by atoms with E-state index in [1.165, 1.54) is 12.1 Å². The molecule has 1 amide bonds. The topological polar surface area (TPSA) is 29.1 Å². The van der Waals surface area contributed by atoms with Crippen molar-refractivity contribution in [1.29, 1.82) is 0 Å². The summed E-state index contributed by atoms with van der Waals surface area (Å²) in [5.74, 6) is -1.20. The van der Waals surface area contributed by atoms with Crippen molar-refractivity contribution >= 4 is 34.8 Å². The minimum atomic E-state index is -0.662. The Kier molecular flexibility index (Phi) is 4.08. The molecule has 0 aliphatic heterocycles. The van der Waals surface area contributed by atoms with Crippen molar-refractivity contribution in [3.8, 4) is 0 Å². The predicted molar refractivity (Wildman–Crippen MR) is 75.6 cm³/mol. The van der Waals surface area contributed by atoms with Gasteiger partial charge in [-0.15, -0.1) is 0 Å². The second-order valence-electron chi connectivity index (χ2n) is 4.04. The number of carbonyl (C=O) groups excluding carboxylic acids is 1. The number of nitrogens with one attached hydrogen (secondary N) is 1. The van der Waals surface area contributed by atoms with E-state index in [1.54, 1.807) is 18.2 Å². The third-order valence-electron chi connectivity index (χ3n) is 2.62. The van der Waals surface area contributed by atoms with Gasteiger partial charge in [-0.2, -0.15) is 0 Å². The number of amides is 1. The van der Waals surface area contributed by atoms with Crippen molar-refractivity contribution in [3.63, 3.8) is 0 Å². The van der Waals surface area contributed by atoms with Crippen molar-refractivity contribution < 1.29 is 9.18 Å². The standard InChI is InChI=1S/C14H10Cl2FNO/c1-8-2-3-10(16)7-13(8)18-14(19)11-5-4-9(15)6-12(11)17/h2-7H,1H3,(H,18,19). The van der Waals surface area contributed by atoms with Gasteiger partial charge in [0, 0.05) is 15.7 Å². The van der Waals surface area contributed by atoms with Gasteiger partial charge in [-0.3, -0.25) is 4.79 Å². The third kappa shape index (κ3) is 3.25. The molecule has 0 fully saturated rings. The fourth-order valence-corrected chi connectivity index (χ4v) is 1.92. The van der Waals surface area contributed by atoms with Crippen molar-refractivity contribution in [2.75, 3.05) is 5.32 Å². The van der Waals surface area contributed by atoms with Gasteiger partial charge >= 0.3 is 0 Å². The van der Waals surface area contributed by atoms with Crippen LogP contribution in [0.2, 0.25) is 10.0 Å². The van der Waals surface area contributed by atoms with Gasteiger partial charge in [0.05, 0.1) is 5.56 Å². The van der Waals surface area contributed by atoms with E-state index in [-0.39, 0.29) is 10.6 Å². The fraction of sp³-hybridized carbons (Fsp3) is 0.0714. The van der Waals surface area contributed by atoms with Gasteiger partial charge in [-0.05, 0) is 42.8 Å². The molecule has 0 radical (unpaired) electrons. The Hall–Kier alpha value is -1.58. The van der Waals surface area contributed by atoms with Crippen molar-refractivity contribution in [2.24, 2.45) is 0 Å². The molecule has 0 spiro atoms. The number of hydrogen-bond acceptors (Lipinski definition) is 1. The number of anilines is 1. The highest BCUT2D eigenvalue weighted by Crippen LogP contribution is 2.22. The number of hydrogen-bond donors (Lipinski definition) is 1. The van der Waals surface area contributed by atoms with Crippen LogP contribution in [0.1, 0.15) is 15.9 Å². The molecule has 0 aliphatic rings. The van der Waals surface area contributed by atoms with E-state index in [9.17, 15) is 9.18 Å². The largest absolute Gasteiger partial charge is 0.322 e. The maximum atomic E-state index is 13.6. The second-order valence-corrected chi connectivity index (χ2v) is 4.91. The van der Waals surface area contributed by atoms with Crippen LogP contribution in [-0.4, -0.2) is 5.91 Å². The number of carbonyl (C=O) groups is 1. The molecule has 2 aromatic carbocycles. The van der Waals surface area contributed by atoms with Gasteiger partial charge in [0.15, 0.2) is 0 Å². The van der Waals surface area contributed by atoms with Gasteiger partial charge in [0.25, 0.3) is 5.91 Å². The second kappa shape index (κ2) is 5.59. The lowest BCUT2D eigenvalue weighted by atomic mass is 10.1. The smallest absolute Gasteiger partial charge is 0.258 e. The Balaban J connectivity index is 2.28. The number of aryl methyl sites for hydroxylation is 1. The SMILES string of the molecule is Cc1ccc(Cl)cc1NC(=O)c1ccc(Cl)cc1F. The molecule has 98 valence electrons. The Labute approximate surface area is 120 Å². The number of halogens is 3. The summed E-state index contributed by atoms with van der Waals surface area (Å²) in [5, 5.41) is 3.36. The molecule has 0 bridgehead atoms. The Morgan fingerprint density at radius 2 is 1.74 bits per heavy atom. The van der Waals surface area contributed by atoms with Crippen LogP contribution in [0.4, 0.5) is 10.1 Å². The van der Waals surface area contributed by atoms with Gasteiger partial charge in [0.1, 0.15) is 5.82 Å². The zero-order valence-corrected chi connectivity index (χ0v) is 11.5. The van der Waals surface area contributed by atoms with Gasteiger partial charge in [-0.25, -0.2) is 4.39 Å². The summed E-state index contributed by atoms with van der Waals surface area (Å²) >= 11 is 11.5. The van der Waals surface area contributed by atoms with Crippen molar-refractivity contribution in [2.45, 2.75) is 6.92 Å². The first-order chi connectivity index (χ1) is 8.97. The Bertz CT molecular complexity index is 643. The van der Waals surface area contributed by atoms with Crippen LogP contribution in [0.5, 0.6) is 0 Å². The lowest BCUT2D eigenvalue weighted by Crippen LogP contribution is -2.14. The first kappa shape index (κ1) is 13.8. The molecule has 0 aromatic heterocycles. The summed E-state index contributed by atoms with van der Waals surface area (Å²) in [6.45, 7) is 1.82. The summed E-state index contributed by atoms with van der Waals surface area (Å²) in [6, 6.07) is 9.01. The highest BCUT2D eigenvalue weighted by atomic mass is 35.5. The first-order valence-electron chi connectivity index (χ1n) is 5.50. The van der Waals surface area contributed by atoms with Crippen LogP contribution in [0.25, 0.3) is 0 Å². The minimum absolute atomic E-state index is 0.0659. The summed E-state index contributed by atoms with van der Waals surface area (Å²) < 4.78 is 13.6. The molecule has 0 saturated heterocycles. The molecule has 2 nitrogen and oxygen atoms in total.